The van der Waals surface area contributed by atoms with Gasteiger partial charge in [-0.1, -0.05) is 281 Å². The van der Waals surface area contributed by atoms with Crippen molar-refractivity contribution in [2.45, 2.75) is 284 Å². The number of esters is 3. The highest BCUT2D eigenvalue weighted by molar-refractivity contribution is 5.71. The third kappa shape index (κ3) is 67.4. The fourth-order valence-corrected chi connectivity index (χ4v) is 8.78. The molecule has 0 aromatic rings. The van der Waals surface area contributed by atoms with Crippen LogP contribution >= 0.6 is 0 Å². The lowest BCUT2D eigenvalue weighted by molar-refractivity contribution is -0.167. The van der Waals surface area contributed by atoms with Crippen LogP contribution in [0.3, 0.4) is 0 Å². The van der Waals surface area contributed by atoms with E-state index in [4.69, 9.17) is 14.2 Å². The van der Waals surface area contributed by atoms with Gasteiger partial charge in [-0.15, -0.1) is 0 Å². The molecule has 0 aliphatic carbocycles. The SMILES string of the molecule is CC/C=C\C/C=C\C/C=C\C/C=C\C/C=C\C/C=C\CCCCCCCCCCCCCCCCCCC(=O)OCC(COC(=O)CCCC/C=C\C/C=C\C/C=C\C/C=C\CC)OC(=O)CCCC/C=C\C/C=C\C/C=C\C/C=C\CC. The van der Waals surface area contributed by atoms with Crippen molar-refractivity contribution in [1.82, 2.24) is 0 Å². The molecule has 0 bridgehead atoms. The maximum Gasteiger partial charge on any atom is 0.306 e. The smallest absolute Gasteiger partial charge is 0.306 e. The largest absolute Gasteiger partial charge is 0.462 e. The van der Waals surface area contributed by atoms with Crippen LogP contribution in [0.5, 0.6) is 0 Å². The molecule has 0 aromatic heterocycles. The van der Waals surface area contributed by atoms with Crippen molar-refractivity contribution in [3.8, 4) is 0 Å². The van der Waals surface area contributed by atoms with Gasteiger partial charge in [0.05, 0.1) is 0 Å². The van der Waals surface area contributed by atoms with E-state index in [1.165, 1.54) is 89.9 Å². The van der Waals surface area contributed by atoms with E-state index in [0.29, 0.717) is 25.7 Å². The van der Waals surface area contributed by atoms with Gasteiger partial charge in [0, 0.05) is 19.3 Å². The number of unbranched alkanes of at least 4 members (excludes halogenated alkanes) is 20. The van der Waals surface area contributed by atoms with E-state index in [-0.39, 0.29) is 37.5 Å². The third-order valence-corrected chi connectivity index (χ3v) is 13.7. The Hall–Kier alpha value is -5.23. The van der Waals surface area contributed by atoms with E-state index in [9.17, 15) is 14.4 Å². The molecule has 0 aromatic carbocycles. The van der Waals surface area contributed by atoms with Crippen molar-refractivity contribution in [3.63, 3.8) is 0 Å². The lowest BCUT2D eigenvalue weighted by atomic mass is 10.0. The normalized spacial score (nSPS) is 13.2. The van der Waals surface area contributed by atoms with Crippen LogP contribution in [-0.4, -0.2) is 37.2 Å². The summed E-state index contributed by atoms with van der Waals surface area (Å²) in [6.45, 7) is 6.22. The summed E-state index contributed by atoms with van der Waals surface area (Å²) in [5.41, 5.74) is 0. The molecule has 0 N–H and O–H groups in total. The van der Waals surface area contributed by atoms with Crippen molar-refractivity contribution in [1.29, 1.82) is 0 Å². The average molecular weight is 1140 g/mol. The first-order valence-electron chi connectivity index (χ1n) is 33.6. The molecule has 1 atom stereocenters. The Morgan fingerprint density at radius 2 is 0.434 bits per heavy atom. The highest BCUT2D eigenvalue weighted by atomic mass is 16.6. The Bertz CT molecular complexity index is 1890. The van der Waals surface area contributed by atoms with Gasteiger partial charge in [-0.3, -0.25) is 14.4 Å². The molecule has 0 saturated heterocycles. The van der Waals surface area contributed by atoms with Crippen molar-refractivity contribution < 1.29 is 28.6 Å². The van der Waals surface area contributed by atoms with Crippen molar-refractivity contribution >= 4 is 17.9 Å². The molecule has 0 amide bonds. The zero-order valence-corrected chi connectivity index (χ0v) is 53.4. The standard InChI is InChI=1S/C77H122O6/c1-4-7-10-13-16-19-22-25-28-29-30-31-32-33-34-35-36-37-38-39-40-41-42-43-44-45-46-47-50-52-55-58-61-64-67-70-76(79)82-73-74(83-77(80)71-68-65-62-59-56-53-49-27-24-21-18-15-12-9-6-3)72-81-75(78)69-66-63-60-57-54-51-48-26-23-20-17-14-11-8-5-2/h7-12,16-21,25-28,30-31,33-34,36-37,48-49,54,56-57,59,74H,4-6,13-15,22-24,29,32,35,38-47,50-53,55,58,60-73H2,1-3H3/b10-7-,11-8-,12-9-,19-16-,20-17-,21-18-,28-25-,31-30-,34-33-,37-36-,48-26-,49-27-,57-54-,59-56-. The second kappa shape index (κ2) is 69.3. The minimum Gasteiger partial charge on any atom is -0.462 e. The number of allylic oxidation sites excluding steroid dienone is 28. The highest BCUT2D eigenvalue weighted by Crippen LogP contribution is 2.16. The van der Waals surface area contributed by atoms with Crippen LogP contribution in [0.2, 0.25) is 0 Å². The van der Waals surface area contributed by atoms with Gasteiger partial charge in [0.2, 0.25) is 0 Å². The second-order valence-electron chi connectivity index (χ2n) is 21.6. The van der Waals surface area contributed by atoms with Gasteiger partial charge in [0.1, 0.15) is 13.2 Å². The first-order valence-corrected chi connectivity index (χ1v) is 33.6. The molecule has 0 fully saturated rings. The zero-order chi connectivity index (χ0) is 59.9. The summed E-state index contributed by atoms with van der Waals surface area (Å²) >= 11 is 0. The maximum atomic E-state index is 12.9. The minimum atomic E-state index is -0.824. The summed E-state index contributed by atoms with van der Waals surface area (Å²) in [7, 11) is 0. The summed E-state index contributed by atoms with van der Waals surface area (Å²) < 4.78 is 16.8. The van der Waals surface area contributed by atoms with Crippen LogP contribution in [0.15, 0.2) is 170 Å². The molecule has 0 aliphatic heterocycles. The summed E-state index contributed by atoms with van der Waals surface area (Å²) in [6.07, 6.45) is 102. The van der Waals surface area contributed by atoms with E-state index < -0.39 is 6.10 Å². The number of hydrogen-bond acceptors (Lipinski definition) is 6. The summed E-state index contributed by atoms with van der Waals surface area (Å²) in [5, 5.41) is 0. The molecule has 83 heavy (non-hydrogen) atoms. The maximum absolute atomic E-state index is 12.9. The Kier molecular flexibility index (Phi) is 64.9. The first kappa shape index (κ1) is 77.8. The van der Waals surface area contributed by atoms with Gasteiger partial charge in [-0.05, 0) is 148 Å². The number of carbonyl (C=O) groups is 3. The number of hydrogen-bond donors (Lipinski definition) is 0. The van der Waals surface area contributed by atoms with Gasteiger partial charge in [-0.25, -0.2) is 0 Å². The molecule has 6 nitrogen and oxygen atoms in total. The van der Waals surface area contributed by atoms with Crippen LogP contribution in [0.1, 0.15) is 278 Å². The zero-order valence-electron chi connectivity index (χ0n) is 53.4. The summed E-state index contributed by atoms with van der Waals surface area (Å²) in [6, 6.07) is 0. The first-order chi connectivity index (χ1) is 41.0. The van der Waals surface area contributed by atoms with E-state index in [1.807, 2.05) is 0 Å². The molecule has 0 rings (SSSR count). The van der Waals surface area contributed by atoms with Crippen LogP contribution < -0.4 is 0 Å². The lowest BCUT2D eigenvalue weighted by Crippen LogP contribution is -2.30. The molecule has 0 saturated carbocycles. The number of carbonyl (C=O) groups excluding carboxylic acids is 3. The monoisotopic (exact) mass is 1140 g/mol. The van der Waals surface area contributed by atoms with Crippen LogP contribution in [0, 0.1) is 0 Å². The predicted molar refractivity (Wildman–Crippen MR) is 361 cm³/mol. The third-order valence-electron chi connectivity index (χ3n) is 13.7. The van der Waals surface area contributed by atoms with Crippen molar-refractivity contribution in [2.24, 2.45) is 0 Å². The van der Waals surface area contributed by atoms with Crippen LogP contribution in [0.25, 0.3) is 0 Å². The van der Waals surface area contributed by atoms with Gasteiger partial charge >= 0.3 is 17.9 Å². The van der Waals surface area contributed by atoms with Crippen LogP contribution in [-0.2, 0) is 28.6 Å². The fraction of sp³-hybridized carbons (Fsp3) is 0.597. The van der Waals surface area contributed by atoms with E-state index in [0.717, 1.165) is 135 Å². The summed E-state index contributed by atoms with van der Waals surface area (Å²) in [5.74, 6) is -1.00. The van der Waals surface area contributed by atoms with Gasteiger partial charge in [0.15, 0.2) is 6.10 Å². The molecule has 0 radical (unpaired) electrons. The molecule has 6 heteroatoms. The van der Waals surface area contributed by atoms with Crippen LogP contribution in [0.4, 0.5) is 0 Å². The average Bonchev–Trinajstić information content (AvgIpc) is 3.49. The Balaban J connectivity index is 4.25. The Labute approximate surface area is 511 Å². The molecular weight excluding hydrogens is 1020 g/mol. The van der Waals surface area contributed by atoms with Gasteiger partial charge in [0.25, 0.3) is 0 Å². The lowest BCUT2D eigenvalue weighted by Gasteiger charge is -2.18. The van der Waals surface area contributed by atoms with Crippen molar-refractivity contribution in [3.05, 3.63) is 170 Å². The molecule has 1 unspecified atom stereocenters. The van der Waals surface area contributed by atoms with Gasteiger partial charge < -0.3 is 14.2 Å². The number of rotatable bonds is 59. The van der Waals surface area contributed by atoms with Crippen molar-refractivity contribution in [2.75, 3.05) is 13.2 Å². The second-order valence-corrected chi connectivity index (χ2v) is 21.6. The molecule has 0 spiro atoms. The highest BCUT2D eigenvalue weighted by Gasteiger charge is 2.19. The minimum absolute atomic E-state index is 0.113. The van der Waals surface area contributed by atoms with E-state index >= 15 is 0 Å². The summed E-state index contributed by atoms with van der Waals surface area (Å²) in [4.78, 5) is 38.3. The fourth-order valence-electron chi connectivity index (χ4n) is 8.78. The molecule has 0 heterocycles. The Morgan fingerprint density at radius 3 is 0.699 bits per heavy atom. The van der Waals surface area contributed by atoms with Gasteiger partial charge in [-0.2, -0.15) is 0 Å². The predicted octanol–water partition coefficient (Wildman–Crippen LogP) is 23.4. The number of ether oxygens (including phenoxy) is 3. The molecule has 0 aliphatic rings. The molecule has 466 valence electrons. The topological polar surface area (TPSA) is 78.9 Å². The van der Waals surface area contributed by atoms with E-state index in [2.05, 4.69) is 191 Å². The quantitative estimate of drug-likeness (QED) is 0.0261. The Morgan fingerprint density at radius 1 is 0.241 bits per heavy atom. The van der Waals surface area contributed by atoms with E-state index in [1.54, 1.807) is 0 Å². The molecular formula is C77H122O6.